The van der Waals surface area contributed by atoms with Crippen molar-refractivity contribution in [2.24, 2.45) is 11.1 Å². The minimum Gasteiger partial charge on any atom is -0.411 e. The number of ketones is 1. The molecule has 0 aliphatic rings. The molecule has 1 unspecified atom stereocenters. The number of Topliss-reactive ketones (excluding diaryl/α,β-unsaturated/α-hetero) is 1. The number of carbonyl (C=O) groups is 1. The van der Waals surface area contributed by atoms with Gasteiger partial charge in [-0.2, -0.15) is 0 Å². The van der Waals surface area contributed by atoms with E-state index in [1.165, 1.54) is 6.21 Å². The topological polar surface area (TPSA) is 61.7 Å². The number of nitrogens with one attached hydrogen (secondary N) is 1. The molecule has 4 nitrogen and oxygen atoms in total. The lowest BCUT2D eigenvalue weighted by molar-refractivity contribution is 0.0950. The van der Waals surface area contributed by atoms with E-state index in [0.29, 0.717) is 25.1 Å². The fourth-order valence-electron chi connectivity index (χ4n) is 1.63. The van der Waals surface area contributed by atoms with Gasteiger partial charge in [0.15, 0.2) is 5.78 Å². The highest BCUT2D eigenvalue weighted by Crippen LogP contribution is 2.10. The Labute approximate surface area is 107 Å². The second kappa shape index (κ2) is 8.20. The van der Waals surface area contributed by atoms with Gasteiger partial charge in [0.2, 0.25) is 0 Å². The first-order valence-corrected chi connectivity index (χ1v) is 5.88. The smallest absolute Gasteiger partial charge is 0.171 e. The summed E-state index contributed by atoms with van der Waals surface area (Å²) in [6.07, 6.45) is 3.63. The van der Waals surface area contributed by atoms with E-state index in [1.54, 1.807) is 18.2 Å². The lowest BCUT2D eigenvalue weighted by Crippen LogP contribution is -2.23. The normalized spacial score (nSPS) is 12.4. The minimum absolute atomic E-state index is 0.0335. The van der Waals surface area contributed by atoms with Crippen LogP contribution in [0.2, 0.25) is 0 Å². The lowest BCUT2D eigenvalue weighted by atomic mass is 9.95. The second-order valence-electron chi connectivity index (χ2n) is 3.88. The van der Waals surface area contributed by atoms with Gasteiger partial charge in [0.25, 0.3) is 0 Å². The molecule has 0 amide bonds. The molecule has 0 fully saturated rings. The largest absolute Gasteiger partial charge is 0.411 e. The zero-order chi connectivity index (χ0) is 13.2. The zero-order valence-corrected chi connectivity index (χ0v) is 10.2. The summed E-state index contributed by atoms with van der Waals surface area (Å²) in [5, 5.41) is 14.7. The van der Waals surface area contributed by atoms with Crippen molar-refractivity contribution in [3.63, 3.8) is 0 Å². The van der Waals surface area contributed by atoms with Gasteiger partial charge in [-0.05, 0) is 13.0 Å². The maximum atomic E-state index is 12.1. The first-order valence-electron chi connectivity index (χ1n) is 5.88. The molecule has 4 heteroatoms. The first kappa shape index (κ1) is 14.1. The van der Waals surface area contributed by atoms with Gasteiger partial charge in [-0.3, -0.25) is 4.79 Å². The summed E-state index contributed by atoms with van der Waals surface area (Å²) >= 11 is 0. The van der Waals surface area contributed by atoms with Crippen LogP contribution in [0.4, 0.5) is 0 Å². The van der Waals surface area contributed by atoms with E-state index in [2.05, 4.69) is 17.1 Å². The molecular formula is C14H18N2O2. The predicted molar refractivity (Wildman–Crippen MR) is 72.2 cm³/mol. The van der Waals surface area contributed by atoms with Crippen LogP contribution in [0.15, 0.2) is 48.1 Å². The van der Waals surface area contributed by atoms with Crippen LogP contribution in [0, 0.1) is 5.92 Å². The zero-order valence-electron chi connectivity index (χ0n) is 10.2. The highest BCUT2D eigenvalue weighted by atomic mass is 16.4. The summed E-state index contributed by atoms with van der Waals surface area (Å²) in [7, 11) is 0. The Morgan fingerprint density at radius 3 is 2.78 bits per heavy atom. The van der Waals surface area contributed by atoms with Crippen molar-refractivity contribution in [3.05, 3.63) is 48.6 Å². The lowest BCUT2D eigenvalue weighted by Gasteiger charge is -2.10. The highest BCUT2D eigenvalue weighted by Gasteiger charge is 2.17. The van der Waals surface area contributed by atoms with Crippen LogP contribution >= 0.6 is 0 Å². The molecule has 0 aliphatic heterocycles. The van der Waals surface area contributed by atoms with Gasteiger partial charge < -0.3 is 10.5 Å². The van der Waals surface area contributed by atoms with E-state index in [0.717, 1.165) is 0 Å². The van der Waals surface area contributed by atoms with E-state index in [4.69, 9.17) is 5.21 Å². The number of rotatable bonds is 8. The Morgan fingerprint density at radius 2 is 2.17 bits per heavy atom. The molecule has 0 aliphatic carbocycles. The molecule has 1 aromatic rings. The van der Waals surface area contributed by atoms with Gasteiger partial charge in [0.1, 0.15) is 0 Å². The van der Waals surface area contributed by atoms with Gasteiger partial charge in [-0.1, -0.05) is 36.4 Å². The van der Waals surface area contributed by atoms with Gasteiger partial charge in [0.05, 0.1) is 12.1 Å². The fourth-order valence-corrected chi connectivity index (χ4v) is 1.63. The Morgan fingerprint density at radius 1 is 1.44 bits per heavy atom. The third-order valence-electron chi connectivity index (χ3n) is 2.56. The van der Waals surface area contributed by atoms with Gasteiger partial charge in [-0.25, -0.2) is 0 Å². The first-order chi connectivity index (χ1) is 8.79. The number of hydrogen-bond donors (Lipinski definition) is 2. The fraction of sp³-hybridized carbons (Fsp3) is 0.286. The summed E-state index contributed by atoms with van der Waals surface area (Å²) in [6, 6.07) is 9.01. The SMILES string of the molecule is C=CCNCCC(C=NO)C(=O)c1ccccc1. The molecule has 96 valence electrons. The number of benzene rings is 1. The average molecular weight is 246 g/mol. The predicted octanol–water partition coefficient (Wildman–Crippen LogP) is 2.11. The van der Waals surface area contributed by atoms with Crippen LogP contribution in [0.3, 0.4) is 0 Å². The Hall–Kier alpha value is -1.94. The maximum absolute atomic E-state index is 12.1. The molecule has 0 bridgehead atoms. The van der Waals surface area contributed by atoms with Gasteiger partial charge in [0, 0.05) is 12.1 Å². The Balaban J connectivity index is 2.61. The molecule has 0 spiro atoms. The van der Waals surface area contributed by atoms with E-state index in [9.17, 15) is 4.79 Å². The number of hydrogen-bond acceptors (Lipinski definition) is 4. The van der Waals surface area contributed by atoms with Crippen molar-refractivity contribution in [2.75, 3.05) is 13.1 Å². The summed E-state index contributed by atoms with van der Waals surface area (Å²) in [6.45, 7) is 4.97. The maximum Gasteiger partial charge on any atom is 0.171 e. The third-order valence-corrected chi connectivity index (χ3v) is 2.56. The Bertz CT molecular complexity index is 402. The molecule has 0 saturated heterocycles. The van der Waals surface area contributed by atoms with Crippen molar-refractivity contribution in [1.82, 2.24) is 5.32 Å². The molecule has 18 heavy (non-hydrogen) atoms. The van der Waals surface area contributed by atoms with E-state index >= 15 is 0 Å². The highest BCUT2D eigenvalue weighted by molar-refractivity contribution is 6.06. The molecule has 0 heterocycles. The van der Waals surface area contributed by atoms with Crippen LogP contribution in [0.1, 0.15) is 16.8 Å². The summed E-state index contributed by atoms with van der Waals surface area (Å²) in [5.74, 6) is -0.441. The number of carbonyl (C=O) groups excluding carboxylic acids is 1. The van der Waals surface area contributed by atoms with Crippen molar-refractivity contribution < 1.29 is 10.0 Å². The van der Waals surface area contributed by atoms with Crippen LogP contribution in [-0.4, -0.2) is 30.3 Å². The van der Waals surface area contributed by atoms with Gasteiger partial charge >= 0.3 is 0 Å². The van der Waals surface area contributed by atoms with Crippen LogP contribution in [-0.2, 0) is 0 Å². The van der Waals surface area contributed by atoms with Crippen LogP contribution in [0.5, 0.6) is 0 Å². The molecular weight excluding hydrogens is 228 g/mol. The molecule has 0 radical (unpaired) electrons. The summed E-state index contributed by atoms with van der Waals surface area (Å²) in [5.41, 5.74) is 0.631. The van der Waals surface area contributed by atoms with Crippen LogP contribution < -0.4 is 5.32 Å². The standard InChI is InChI=1S/C14H18N2O2/c1-2-9-15-10-8-13(11-16-18)14(17)12-6-4-3-5-7-12/h2-7,11,13,15,18H,1,8-10H2. The van der Waals surface area contributed by atoms with Crippen molar-refractivity contribution in [2.45, 2.75) is 6.42 Å². The van der Waals surface area contributed by atoms with E-state index in [-0.39, 0.29) is 5.78 Å². The molecule has 2 N–H and O–H groups in total. The number of oxime groups is 1. The molecule has 1 rings (SSSR count). The molecule has 0 saturated carbocycles. The monoisotopic (exact) mass is 246 g/mol. The second-order valence-corrected chi connectivity index (χ2v) is 3.88. The molecule has 0 aromatic heterocycles. The quantitative estimate of drug-likeness (QED) is 0.184. The number of nitrogens with zero attached hydrogens (tertiary/aromatic N) is 1. The summed E-state index contributed by atoms with van der Waals surface area (Å²) in [4.78, 5) is 12.1. The Kier molecular flexibility index (Phi) is 6.43. The van der Waals surface area contributed by atoms with E-state index in [1.807, 2.05) is 18.2 Å². The van der Waals surface area contributed by atoms with Crippen molar-refractivity contribution in [1.29, 1.82) is 0 Å². The van der Waals surface area contributed by atoms with Gasteiger partial charge in [-0.15, -0.1) is 11.7 Å². The van der Waals surface area contributed by atoms with Crippen LogP contribution in [0.25, 0.3) is 0 Å². The third kappa shape index (κ3) is 4.51. The molecule has 1 aromatic carbocycles. The van der Waals surface area contributed by atoms with Crippen molar-refractivity contribution in [3.8, 4) is 0 Å². The summed E-state index contributed by atoms with van der Waals surface area (Å²) < 4.78 is 0. The van der Waals surface area contributed by atoms with Crippen molar-refractivity contribution >= 4 is 12.0 Å². The molecule has 1 atom stereocenters. The van der Waals surface area contributed by atoms with E-state index < -0.39 is 5.92 Å². The average Bonchev–Trinajstić information content (AvgIpc) is 2.42. The minimum atomic E-state index is -0.408.